The van der Waals surface area contributed by atoms with E-state index in [2.05, 4.69) is 26.6 Å². The van der Waals surface area contributed by atoms with Crippen molar-refractivity contribution in [3.63, 3.8) is 0 Å². The number of aromatic nitrogens is 4. The Hall–Kier alpha value is -3.55. The minimum atomic E-state index is -4.28. The van der Waals surface area contributed by atoms with E-state index in [1.54, 1.807) is 34.9 Å². The van der Waals surface area contributed by atoms with Gasteiger partial charge in [-0.15, -0.1) is 0 Å². The van der Waals surface area contributed by atoms with E-state index >= 15 is 0 Å². The number of hydrogen-bond acceptors (Lipinski definition) is 12. The SMILES string of the molecule is C=C(O[P@@](=O)(N[C@@H](C)C(=O)OCCOC)Oc1ccccc1)[C@@H]1O[C@H](n2cnc3c(N)ncnc32)C[C@H]1O. The van der Waals surface area contributed by atoms with Crippen molar-refractivity contribution in [3.05, 3.63) is 55.3 Å². The predicted molar refractivity (Wildman–Crippen MR) is 135 cm³/mol. The molecular weight excluding hydrogens is 519 g/mol. The van der Waals surface area contributed by atoms with Crippen LogP contribution in [0.5, 0.6) is 5.75 Å². The van der Waals surface area contributed by atoms with Crippen LogP contribution >= 0.6 is 7.75 Å². The number of esters is 1. The number of ether oxygens (including phenoxy) is 3. The summed E-state index contributed by atoms with van der Waals surface area (Å²) in [5.41, 5.74) is 6.66. The number of benzene rings is 1. The van der Waals surface area contributed by atoms with Crippen LogP contribution in [0.2, 0.25) is 0 Å². The molecule has 1 fully saturated rings. The fraction of sp³-hybridized carbons (Fsp3) is 0.391. The van der Waals surface area contributed by atoms with Gasteiger partial charge in [-0.3, -0.25) is 9.36 Å². The number of rotatable bonds is 12. The summed E-state index contributed by atoms with van der Waals surface area (Å²) in [6, 6.07) is 7.16. The molecule has 3 heterocycles. The zero-order valence-electron chi connectivity index (χ0n) is 20.8. The van der Waals surface area contributed by atoms with Gasteiger partial charge in [0.2, 0.25) is 0 Å². The van der Waals surface area contributed by atoms with Gasteiger partial charge >= 0.3 is 13.7 Å². The number of methoxy groups -OCH3 is 1. The maximum Gasteiger partial charge on any atom is 0.513 e. The van der Waals surface area contributed by atoms with Gasteiger partial charge in [0, 0.05) is 13.5 Å². The molecule has 1 aliphatic heterocycles. The van der Waals surface area contributed by atoms with Gasteiger partial charge in [-0.2, -0.15) is 5.09 Å². The normalized spacial score (nSPS) is 21.5. The van der Waals surface area contributed by atoms with Crippen LogP contribution in [0.25, 0.3) is 11.2 Å². The van der Waals surface area contributed by atoms with Gasteiger partial charge in [-0.1, -0.05) is 24.8 Å². The number of imidazole rings is 1. The van der Waals surface area contributed by atoms with E-state index in [1.165, 1.54) is 26.7 Å². The second-order valence-corrected chi connectivity index (χ2v) is 9.99. The van der Waals surface area contributed by atoms with E-state index < -0.39 is 38.2 Å². The van der Waals surface area contributed by atoms with E-state index in [4.69, 9.17) is 29.0 Å². The number of carbonyl (C=O) groups is 1. The van der Waals surface area contributed by atoms with E-state index in [1.807, 2.05) is 0 Å². The molecule has 2 aromatic heterocycles. The average Bonchev–Trinajstić information content (AvgIpc) is 3.48. The summed E-state index contributed by atoms with van der Waals surface area (Å²) in [5.74, 6) is -0.454. The van der Waals surface area contributed by atoms with Crippen LogP contribution in [0.1, 0.15) is 19.6 Å². The molecule has 0 aliphatic carbocycles. The van der Waals surface area contributed by atoms with Gasteiger partial charge in [0.05, 0.1) is 19.0 Å². The summed E-state index contributed by atoms with van der Waals surface area (Å²) in [7, 11) is -2.81. The first-order valence-electron chi connectivity index (χ1n) is 11.6. The lowest BCUT2D eigenvalue weighted by Gasteiger charge is -2.26. The third-order valence-corrected chi connectivity index (χ3v) is 7.18. The molecular formula is C23H29N6O8P. The van der Waals surface area contributed by atoms with E-state index in [9.17, 15) is 14.5 Å². The maximum absolute atomic E-state index is 13.8. The molecule has 0 unspecified atom stereocenters. The number of fused-ring (bicyclic) bond motifs is 1. The summed E-state index contributed by atoms with van der Waals surface area (Å²) in [5, 5.41) is 13.3. The first-order valence-corrected chi connectivity index (χ1v) is 13.2. The molecule has 0 radical (unpaired) electrons. The first-order chi connectivity index (χ1) is 18.2. The number of aliphatic hydroxyl groups excluding tert-OH is 1. The lowest BCUT2D eigenvalue weighted by atomic mass is 10.1. The Labute approximate surface area is 218 Å². The Bertz CT molecular complexity index is 1320. The molecule has 15 heteroatoms. The van der Waals surface area contributed by atoms with Gasteiger partial charge in [-0.25, -0.2) is 19.5 Å². The quantitative estimate of drug-likeness (QED) is 0.129. The van der Waals surface area contributed by atoms with Crippen LogP contribution in [-0.4, -0.2) is 69.2 Å². The zero-order valence-corrected chi connectivity index (χ0v) is 21.7. The van der Waals surface area contributed by atoms with Crippen LogP contribution in [0.15, 0.2) is 55.3 Å². The van der Waals surface area contributed by atoms with Crippen LogP contribution in [0.3, 0.4) is 0 Å². The molecule has 204 valence electrons. The van der Waals surface area contributed by atoms with Crippen molar-refractivity contribution >= 4 is 30.7 Å². The number of para-hydroxylation sites is 1. The van der Waals surface area contributed by atoms with Crippen molar-refractivity contribution in [2.24, 2.45) is 0 Å². The number of anilines is 1. The van der Waals surface area contributed by atoms with E-state index in [0.29, 0.717) is 11.2 Å². The lowest BCUT2D eigenvalue weighted by Crippen LogP contribution is -2.36. The summed E-state index contributed by atoms with van der Waals surface area (Å²) in [4.78, 5) is 24.7. The molecule has 1 saturated heterocycles. The Morgan fingerprint density at radius 1 is 1.32 bits per heavy atom. The molecule has 4 N–H and O–H groups in total. The number of nitrogen functional groups attached to an aromatic ring is 1. The number of nitrogens with one attached hydrogen (secondary N) is 1. The van der Waals surface area contributed by atoms with Crippen LogP contribution in [0, 0.1) is 0 Å². The van der Waals surface area contributed by atoms with Crippen molar-refractivity contribution in [3.8, 4) is 5.75 Å². The topological polar surface area (TPSA) is 182 Å². The second-order valence-electron chi connectivity index (χ2n) is 8.37. The summed E-state index contributed by atoms with van der Waals surface area (Å²) < 4.78 is 42.6. The Morgan fingerprint density at radius 3 is 2.82 bits per heavy atom. The number of carbonyl (C=O) groups excluding carboxylic acids is 1. The molecule has 0 bridgehead atoms. The van der Waals surface area contributed by atoms with E-state index in [-0.39, 0.29) is 37.0 Å². The minimum absolute atomic E-state index is 0.0156. The highest BCUT2D eigenvalue weighted by Gasteiger charge is 2.42. The summed E-state index contributed by atoms with van der Waals surface area (Å²) in [6.45, 7) is 5.47. The molecule has 4 rings (SSSR count). The molecule has 3 aromatic rings. The molecule has 1 aromatic carbocycles. The van der Waals surface area contributed by atoms with E-state index in [0.717, 1.165) is 0 Å². The minimum Gasteiger partial charge on any atom is -0.462 e. The molecule has 0 spiro atoms. The van der Waals surface area contributed by atoms with Gasteiger partial charge in [0.15, 0.2) is 11.5 Å². The van der Waals surface area contributed by atoms with Crippen LogP contribution in [0.4, 0.5) is 5.82 Å². The van der Waals surface area contributed by atoms with Gasteiger partial charge in [0.25, 0.3) is 0 Å². The third-order valence-electron chi connectivity index (χ3n) is 5.55. The largest absolute Gasteiger partial charge is 0.513 e. The standard InChI is InChI=1S/C23H29N6O8P/c1-14(23(31)34-10-9-33-3)28-38(32,37-16-7-5-4-6-8-16)36-15(2)20-17(30)11-18(35-20)29-13-27-19-21(24)25-12-26-22(19)29/h4-8,12-14,17-18,20,30H,2,9-11H2,1,3H3,(H,28,32)(H2,24,25,26)/t14-,17+,18-,20-,38-/m0/s1. The number of nitrogens with two attached hydrogens (primary N) is 1. The fourth-order valence-electron chi connectivity index (χ4n) is 3.73. The zero-order chi connectivity index (χ0) is 27.3. The number of nitrogens with zero attached hydrogens (tertiary/aromatic N) is 4. The van der Waals surface area contributed by atoms with Crippen molar-refractivity contribution < 1.29 is 37.7 Å². The first kappa shape index (κ1) is 27.5. The fourth-order valence-corrected chi connectivity index (χ4v) is 5.27. The van der Waals surface area contributed by atoms with Crippen LogP contribution < -0.4 is 15.3 Å². The Balaban J connectivity index is 1.49. The highest BCUT2D eigenvalue weighted by molar-refractivity contribution is 7.52. The summed E-state index contributed by atoms with van der Waals surface area (Å²) in [6.07, 6.45) is 0.0287. The van der Waals surface area contributed by atoms with Crippen LogP contribution in [-0.2, 0) is 28.1 Å². The molecule has 14 nitrogen and oxygen atoms in total. The van der Waals surface area contributed by atoms with Crippen molar-refractivity contribution in [2.45, 2.75) is 37.8 Å². The highest BCUT2D eigenvalue weighted by Crippen LogP contribution is 2.49. The van der Waals surface area contributed by atoms with Crippen molar-refractivity contribution in [2.75, 3.05) is 26.1 Å². The lowest BCUT2D eigenvalue weighted by molar-refractivity contribution is -0.146. The average molecular weight is 548 g/mol. The smallest absolute Gasteiger partial charge is 0.462 e. The maximum atomic E-state index is 13.8. The van der Waals surface area contributed by atoms with Gasteiger partial charge < -0.3 is 34.1 Å². The third kappa shape index (κ3) is 6.29. The predicted octanol–water partition coefficient (Wildman–Crippen LogP) is 1.94. The second kappa shape index (κ2) is 11.9. The van der Waals surface area contributed by atoms with Gasteiger partial charge in [-0.05, 0) is 19.1 Å². The molecule has 0 amide bonds. The number of aliphatic hydroxyl groups is 1. The van der Waals surface area contributed by atoms with Crippen molar-refractivity contribution in [1.29, 1.82) is 0 Å². The summed E-state index contributed by atoms with van der Waals surface area (Å²) >= 11 is 0. The van der Waals surface area contributed by atoms with Crippen molar-refractivity contribution in [1.82, 2.24) is 24.6 Å². The molecule has 5 atom stereocenters. The van der Waals surface area contributed by atoms with Gasteiger partial charge in [0.1, 0.15) is 48.3 Å². The molecule has 0 saturated carbocycles. The monoisotopic (exact) mass is 548 g/mol. The Morgan fingerprint density at radius 2 is 2.08 bits per heavy atom. The Kier molecular flexibility index (Phi) is 8.59. The number of hydrogen-bond donors (Lipinski definition) is 3. The molecule has 38 heavy (non-hydrogen) atoms. The molecule has 1 aliphatic rings. The highest BCUT2D eigenvalue weighted by atomic mass is 31.2.